The zero-order valence-corrected chi connectivity index (χ0v) is 14.3. The van der Waals surface area contributed by atoms with Crippen LogP contribution in [0.5, 0.6) is 0 Å². The third-order valence-corrected chi connectivity index (χ3v) is 4.37. The molecule has 2 aromatic rings. The molecule has 2 aromatic heterocycles. The molecular weight excluding hydrogens is 322 g/mol. The minimum absolute atomic E-state index is 0.0260. The second kappa shape index (κ2) is 7.00. The highest BCUT2D eigenvalue weighted by atomic mass is 16.4. The van der Waals surface area contributed by atoms with Crippen LogP contribution in [0.1, 0.15) is 53.0 Å². The van der Waals surface area contributed by atoms with Crippen LogP contribution in [-0.4, -0.2) is 48.2 Å². The Balaban J connectivity index is 1.86. The molecule has 3 rings (SSSR count). The first-order valence-corrected chi connectivity index (χ1v) is 8.31. The fraction of sp³-hybridized carbons (Fsp3) is 0.471. The number of aromatic nitrogens is 4. The van der Waals surface area contributed by atoms with Crippen LogP contribution < -0.4 is 0 Å². The summed E-state index contributed by atoms with van der Waals surface area (Å²) < 4.78 is 1.56. The molecule has 8 heteroatoms. The number of aliphatic carboxylic acids is 1. The first kappa shape index (κ1) is 17.1. The molecule has 1 atom stereocenters. The standard InChI is InChI=1S/C17H21N5O3/c1-11-10-12(5-6-15(23)24)20-16(19-11)13-4-3-9-22(13)17(25)14-7-8-18-21(14)2/h7-8,10,13H,3-6,9H2,1-2H3,(H,23,24). The van der Waals surface area contributed by atoms with Crippen LogP contribution in [0.3, 0.4) is 0 Å². The Morgan fingerprint density at radius 1 is 1.36 bits per heavy atom. The molecule has 1 aliphatic rings. The maximum Gasteiger partial charge on any atom is 0.303 e. The van der Waals surface area contributed by atoms with Gasteiger partial charge in [-0.15, -0.1) is 0 Å². The van der Waals surface area contributed by atoms with Gasteiger partial charge in [-0.1, -0.05) is 0 Å². The van der Waals surface area contributed by atoms with E-state index < -0.39 is 5.97 Å². The van der Waals surface area contributed by atoms with Gasteiger partial charge in [-0.3, -0.25) is 14.3 Å². The lowest BCUT2D eigenvalue weighted by Crippen LogP contribution is -2.33. The predicted octanol–water partition coefficient (Wildman–Crippen LogP) is 1.51. The van der Waals surface area contributed by atoms with Gasteiger partial charge in [-0.25, -0.2) is 9.97 Å². The third-order valence-electron chi connectivity index (χ3n) is 4.37. The van der Waals surface area contributed by atoms with E-state index in [0.717, 1.165) is 18.5 Å². The molecule has 1 fully saturated rings. The molecule has 1 N–H and O–H groups in total. The van der Waals surface area contributed by atoms with Crippen molar-refractivity contribution in [3.05, 3.63) is 41.2 Å². The van der Waals surface area contributed by atoms with Gasteiger partial charge in [0, 0.05) is 37.6 Å². The van der Waals surface area contributed by atoms with E-state index in [-0.39, 0.29) is 18.4 Å². The number of aryl methyl sites for hydroxylation is 3. The summed E-state index contributed by atoms with van der Waals surface area (Å²) in [5, 5.41) is 12.9. The molecule has 8 nitrogen and oxygen atoms in total. The first-order chi connectivity index (χ1) is 12.0. The second-order valence-corrected chi connectivity index (χ2v) is 6.25. The monoisotopic (exact) mass is 343 g/mol. The number of hydrogen-bond acceptors (Lipinski definition) is 5. The van der Waals surface area contributed by atoms with Crippen molar-refractivity contribution < 1.29 is 14.7 Å². The molecule has 0 radical (unpaired) electrons. The summed E-state index contributed by atoms with van der Waals surface area (Å²) >= 11 is 0. The van der Waals surface area contributed by atoms with Crippen molar-refractivity contribution in [1.82, 2.24) is 24.6 Å². The van der Waals surface area contributed by atoms with E-state index in [4.69, 9.17) is 5.11 Å². The SMILES string of the molecule is Cc1cc(CCC(=O)O)nc(C2CCCN2C(=O)c2ccnn2C)n1. The number of likely N-dealkylation sites (tertiary alicyclic amines) is 1. The predicted molar refractivity (Wildman–Crippen MR) is 88.9 cm³/mol. The molecule has 0 spiro atoms. The van der Waals surface area contributed by atoms with Gasteiger partial charge in [0.1, 0.15) is 5.69 Å². The number of nitrogens with zero attached hydrogens (tertiary/aromatic N) is 5. The van der Waals surface area contributed by atoms with Gasteiger partial charge in [-0.05, 0) is 31.9 Å². The van der Waals surface area contributed by atoms with Crippen LogP contribution in [0.25, 0.3) is 0 Å². The molecule has 1 aliphatic heterocycles. The summed E-state index contributed by atoms with van der Waals surface area (Å²) in [5.41, 5.74) is 2.01. The number of carboxylic acid groups (broad SMARTS) is 1. The first-order valence-electron chi connectivity index (χ1n) is 8.31. The Labute approximate surface area is 145 Å². The van der Waals surface area contributed by atoms with Crippen molar-refractivity contribution in [2.75, 3.05) is 6.54 Å². The molecule has 0 saturated carbocycles. The zero-order chi connectivity index (χ0) is 18.0. The van der Waals surface area contributed by atoms with E-state index in [9.17, 15) is 9.59 Å². The van der Waals surface area contributed by atoms with Gasteiger partial charge >= 0.3 is 5.97 Å². The normalized spacial score (nSPS) is 17.0. The molecular formula is C17H21N5O3. The molecule has 1 amide bonds. The summed E-state index contributed by atoms with van der Waals surface area (Å²) in [7, 11) is 1.74. The lowest BCUT2D eigenvalue weighted by atomic mass is 10.1. The molecule has 0 bridgehead atoms. The number of amides is 1. The van der Waals surface area contributed by atoms with Crippen LogP contribution in [0.15, 0.2) is 18.3 Å². The minimum atomic E-state index is -0.855. The minimum Gasteiger partial charge on any atom is -0.481 e. The van der Waals surface area contributed by atoms with Crippen molar-refractivity contribution in [1.29, 1.82) is 0 Å². The molecule has 1 saturated heterocycles. The number of rotatable bonds is 5. The van der Waals surface area contributed by atoms with Gasteiger partial charge in [0.2, 0.25) is 0 Å². The molecule has 0 aromatic carbocycles. The van der Waals surface area contributed by atoms with Crippen molar-refractivity contribution in [3.63, 3.8) is 0 Å². The van der Waals surface area contributed by atoms with Gasteiger partial charge in [0.15, 0.2) is 5.82 Å². The summed E-state index contributed by atoms with van der Waals surface area (Å²) in [5.74, 6) is -0.347. The van der Waals surface area contributed by atoms with Crippen LogP contribution in [0.4, 0.5) is 0 Å². The smallest absolute Gasteiger partial charge is 0.303 e. The van der Waals surface area contributed by atoms with Gasteiger partial charge in [-0.2, -0.15) is 5.10 Å². The van der Waals surface area contributed by atoms with E-state index in [1.807, 2.05) is 6.92 Å². The lowest BCUT2D eigenvalue weighted by molar-refractivity contribution is -0.136. The van der Waals surface area contributed by atoms with Crippen LogP contribution in [0.2, 0.25) is 0 Å². The quantitative estimate of drug-likeness (QED) is 0.883. The van der Waals surface area contributed by atoms with Gasteiger partial charge in [0.25, 0.3) is 5.91 Å². The molecule has 1 unspecified atom stereocenters. The number of hydrogen-bond donors (Lipinski definition) is 1. The molecule has 25 heavy (non-hydrogen) atoms. The highest BCUT2D eigenvalue weighted by Gasteiger charge is 2.33. The fourth-order valence-corrected chi connectivity index (χ4v) is 3.18. The van der Waals surface area contributed by atoms with E-state index in [1.165, 1.54) is 0 Å². The van der Waals surface area contributed by atoms with Crippen molar-refractivity contribution in [3.8, 4) is 0 Å². The summed E-state index contributed by atoms with van der Waals surface area (Å²) in [6.07, 6.45) is 3.67. The Morgan fingerprint density at radius 3 is 2.84 bits per heavy atom. The Kier molecular flexibility index (Phi) is 4.78. The Bertz CT molecular complexity index is 801. The maximum atomic E-state index is 12.8. The lowest BCUT2D eigenvalue weighted by Gasteiger charge is -2.24. The summed E-state index contributed by atoms with van der Waals surface area (Å²) in [6.45, 7) is 2.51. The Hall–Kier alpha value is -2.77. The average molecular weight is 343 g/mol. The third kappa shape index (κ3) is 3.67. The van der Waals surface area contributed by atoms with E-state index in [1.54, 1.807) is 35.0 Å². The largest absolute Gasteiger partial charge is 0.481 e. The summed E-state index contributed by atoms with van der Waals surface area (Å²) in [6, 6.07) is 3.31. The van der Waals surface area contributed by atoms with Gasteiger partial charge < -0.3 is 10.0 Å². The van der Waals surface area contributed by atoms with Crippen molar-refractivity contribution in [2.24, 2.45) is 7.05 Å². The molecule has 132 valence electrons. The second-order valence-electron chi connectivity index (χ2n) is 6.25. The van der Waals surface area contributed by atoms with Gasteiger partial charge in [0.05, 0.1) is 12.5 Å². The highest BCUT2D eigenvalue weighted by Crippen LogP contribution is 2.31. The van der Waals surface area contributed by atoms with Crippen LogP contribution in [0, 0.1) is 6.92 Å². The Morgan fingerprint density at radius 2 is 2.16 bits per heavy atom. The number of carbonyl (C=O) groups excluding carboxylic acids is 1. The fourth-order valence-electron chi connectivity index (χ4n) is 3.18. The topological polar surface area (TPSA) is 101 Å². The molecule has 3 heterocycles. The highest BCUT2D eigenvalue weighted by molar-refractivity contribution is 5.92. The van der Waals surface area contributed by atoms with E-state index >= 15 is 0 Å². The van der Waals surface area contributed by atoms with Crippen molar-refractivity contribution >= 4 is 11.9 Å². The number of carbonyl (C=O) groups is 2. The zero-order valence-electron chi connectivity index (χ0n) is 14.3. The average Bonchev–Trinajstić information content (AvgIpc) is 3.20. The van der Waals surface area contributed by atoms with Crippen LogP contribution in [-0.2, 0) is 18.3 Å². The summed E-state index contributed by atoms with van der Waals surface area (Å²) in [4.78, 5) is 34.5. The molecule has 0 aliphatic carbocycles. The maximum absolute atomic E-state index is 12.8. The van der Waals surface area contributed by atoms with Crippen LogP contribution >= 0.6 is 0 Å². The number of carboxylic acids is 1. The van der Waals surface area contributed by atoms with Crippen molar-refractivity contribution in [2.45, 2.75) is 38.6 Å². The van der Waals surface area contributed by atoms with E-state index in [2.05, 4.69) is 15.1 Å². The van der Waals surface area contributed by atoms with E-state index in [0.29, 0.717) is 30.2 Å².